The molecule has 0 spiro atoms. The van der Waals surface area contributed by atoms with Crippen molar-refractivity contribution in [3.63, 3.8) is 0 Å². The minimum atomic E-state index is 0.940. The molecular formula is C8H11N2+. The largest absolute Gasteiger partial charge is 0.286 e. The monoisotopic (exact) mass is 135 g/mol. The lowest BCUT2D eigenvalue weighted by molar-refractivity contribution is -0.698. The summed E-state index contributed by atoms with van der Waals surface area (Å²) in [5.41, 5.74) is 1.11. The van der Waals surface area contributed by atoms with Crippen molar-refractivity contribution in [2.24, 2.45) is 0 Å². The van der Waals surface area contributed by atoms with E-state index in [-0.39, 0.29) is 0 Å². The zero-order valence-electron chi connectivity index (χ0n) is 6.12. The third kappa shape index (κ3) is 1.21. The Morgan fingerprint density at radius 1 is 1.80 bits per heavy atom. The van der Waals surface area contributed by atoms with Crippen LogP contribution in [0.1, 0.15) is 12.6 Å². The maximum Gasteiger partial charge on any atom is 0.286 e. The van der Waals surface area contributed by atoms with Gasteiger partial charge in [-0.25, -0.2) is 4.57 Å². The molecule has 0 amide bonds. The first-order chi connectivity index (χ1) is 4.88. The molecule has 1 aromatic rings. The van der Waals surface area contributed by atoms with E-state index >= 15 is 0 Å². The summed E-state index contributed by atoms with van der Waals surface area (Å²) in [4.78, 5) is 3.98. The third-order valence-corrected chi connectivity index (χ3v) is 1.42. The van der Waals surface area contributed by atoms with Crippen molar-refractivity contribution in [1.82, 2.24) is 4.98 Å². The molecule has 0 aliphatic rings. The number of aryl methyl sites for hydroxylation is 1. The fourth-order valence-electron chi connectivity index (χ4n) is 0.850. The summed E-state index contributed by atoms with van der Waals surface area (Å²) in [6.07, 6.45) is 5.39. The molecule has 10 heavy (non-hydrogen) atoms. The number of aromatic nitrogens is 2. The molecule has 0 aliphatic heterocycles. The summed E-state index contributed by atoms with van der Waals surface area (Å²) >= 11 is 0. The van der Waals surface area contributed by atoms with E-state index in [1.807, 2.05) is 16.7 Å². The molecule has 0 saturated carbocycles. The fraction of sp³-hybridized carbons (Fsp3) is 0.250. The molecule has 0 unspecified atom stereocenters. The Morgan fingerprint density at radius 2 is 2.60 bits per heavy atom. The van der Waals surface area contributed by atoms with E-state index < -0.39 is 0 Å². The van der Waals surface area contributed by atoms with Crippen LogP contribution in [0.2, 0.25) is 0 Å². The van der Waals surface area contributed by atoms with Crippen molar-refractivity contribution in [1.29, 1.82) is 0 Å². The van der Waals surface area contributed by atoms with Crippen LogP contribution >= 0.6 is 0 Å². The van der Waals surface area contributed by atoms with E-state index in [0.29, 0.717) is 0 Å². The predicted molar refractivity (Wildman–Crippen MR) is 40.2 cm³/mol. The van der Waals surface area contributed by atoms with Crippen molar-refractivity contribution < 1.29 is 4.57 Å². The van der Waals surface area contributed by atoms with Gasteiger partial charge in [-0.3, -0.25) is 0 Å². The molecule has 1 aromatic heterocycles. The summed E-state index contributed by atoms with van der Waals surface area (Å²) in [6.45, 7) is 6.71. The maximum atomic E-state index is 3.98. The number of nitrogens with zero attached hydrogens (tertiary/aromatic N) is 2. The summed E-state index contributed by atoms with van der Waals surface area (Å²) < 4.78 is 2.03. The van der Waals surface area contributed by atoms with E-state index in [4.69, 9.17) is 0 Å². The van der Waals surface area contributed by atoms with E-state index in [0.717, 1.165) is 12.2 Å². The molecule has 1 heterocycles. The average Bonchev–Trinajstić information content (AvgIpc) is 2.04. The molecule has 1 rings (SSSR count). The standard InChI is InChI=1S/C8H11N2/c1-3-8-5-6-9-7-10(8)4-2/h3,5-7H,1,4H2,2H3/q+1. The van der Waals surface area contributed by atoms with Gasteiger partial charge in [0.25, 0.3) is 6.33 Å². The smallest absolute Gasteiger partial charge is 0.231 e. The number of hydrogen-bond donors (Lipinski definition) is 0. The lowest BCUT2D eigenvalue weighted by Gasteiger charge is -1.95. The minimum absolute atomic E-state index is 0.940. The van der Waals surface area contributed by atoms with Crippen LogP contribution in [0.4, 0.5) is 0 Å². The first-order valence-electron chi connectivity index (χ1n) is 3.34. The van der Waals surface area contributed by atoms with Gasteiger partial charge < -0.3 is 0 Å². The summed E-state index contributed by atoms with van der Waals surface area (Å²) in [6, 6.07) is 1.94. The summed E-state index contributed by atoms with van der Waals surface area (Å²) in [5, 5.41) is 0. The van der Waals surface area contributed by atoms with Gasteiger partial charge in [-0.1, -0.05) is 11.6 Å². The summed E-state index contributed by atoms with van der Waals surface area (Å²) in [7, 11) is 0. The topological polar surface area (TPSA) is 16.8 Å². The molecule has 52 valence electrons. The van der Waals surface area contributed by atoms with Crippen LogP contribution in [0.5, 0.6) is 0 Å². The first kappa shape index (κ1) is 6.93. The van der Waals surface area contributed by atoms with Crippen molar-refractivity contribution in [3.05, 3.63) is 30.9 Å². The van der Waals surface area contributed by atoms with Gasteiger partial charge >= 0.3 is 0 Å². The van der Waals surface area contributed by atoms with Gasteiger partial charge in [0, 0.05) is 6.07 Å². The Labute approximate surface area is 60.9 Å². The second kappa shape index (κ2) is 3.11. The molecule has 0 atom stereocenters. The van der Waals surface area contributed by atoms with Crippen LogP contribution in [0.15, 0.2) is 25.2 Å². The Kier molecular flexibility index (Phi) is 2.15. The van der Waals surface area contributed by atoms with E-state index in [1.165, 1.54) is 0 Å². The van der Waals surface area contributed by atoms with Crippen molar-refractivity contribution in [2.45, 2.75) is 13.5 Å². The maximum absolute atomic E-state index is 3.98. The molecule has 0 aromatic carbocycles. The van der Waals surface area contributed by atoms with Gasteiger partial charge in [0.1, 0.15) is 11.9 Å². The molecule has 0 aliphatic carbocycles. The van der Waals surface area contributed by atoms with Crippen molar-refractivity contribution in [2.75, 3.05) is 0 Å². The Bertz CT molecular complexity index is 230. The molecule has 2 nitrogen and oxygen atoms in total. The van der Waals surface area contributed by atoms with Gasteiger partial charge in [0.15, 0.2) is 0 Å². The highest BCUT2D eigenvalue weighted by atomic mass is 15.0. The SMILES string of the molecule is C=Cc1ccnc[n+]1CC. The van der Waals surface area contributed by atoms with Crippen LogP contribution < -0.4 is 4.57 Å². The normalized spacial score (nSPS) is 9.30. The lowest BCUT2D eigenvalue weighted by atomic mass is 10.4. The van der Waals surface area contributed by atoms with Crippen LogP contribution in [0, 0.1) is 0 Å². The van der Waals surface area contributed by atoms with E-state index in [1.54, 1.807) is 12.5 Å². The highest BCUT2D eigenvalue weighted by Gasteiger charge is 1.98. The van der Waals surface area contributed by atoms with Gasteiger partial charge in [-0.05, 0) is 13.0 Å². The molecular weight excluding hydrogens is 124 g/mol. The van der Waals surface area contributed by atoms with Crippen molar-refractivity contribution in [3.8, 4) is 0 Å². The van der Waals surface area contributed by atoms with Gasteiger partial charge in [0.05, 0.1) is 6.54 Å². The average molecular weight is 135 g/mol. The highest BCUT2D eigenvalue weighted by molar-refractivity contribution is 5.36. The van der Waals surface area contributed by atoms with E-state index in [2.05, 4.69) is 18.5 Å². The second-order valence-corrected chi connectivity index (χ2v) is 2.00. The van der Waals surface area contributed by atoms with Gasteiger partial charge in [0.2, 0.25) is 0 Å². The zero-order chi connectivity index (χ0) is 7.40. The third-order valence-electron chi connectivity index (χ3n) is 1.42. The molecule has 0 bridgehead atoms. The molecule has 0 saturated heterocycles. The number of rotatable bonds is 2. The van der Waals surface area contributed by atoms with Crippen molar-refractivity contribution >= 4 is 6.08 Å². The fourth-order valence-corrected chi connectivity index (χ4v) is 0.850. The quantitative estimate of drug-likeness (QED) is 0.553. The molecule has 0 radical (unpaired) electrons. The Hall–Kier alpha value is -1.18. The Morgan fingerprint density at radius 3 is 3.10 bits per heavy atom. The number of hydrogen-bond acceptors (Lipinski definition) is 1. The molecule has 2 heteroatoms. The van der Waals surface area contributed by atoms with Crippen LogP contribution in [0.25, 0.3) is 6.08 Å². The first-order valence-corrected chi connectivity index (χ1v) is 3.34. The zero-order valence-corrected chi connectivity index (χ0v) is 6.12. The second-order valence-electron chi connectivity index (χ2n) is 2.00. The highest BCUT2D eigenvalue weighted by Crippen LogP contribution is 1.88. The van der Waals surface area contributed by atoms with Crippen LogP contribution in [-0.4, -0.2) is 4.98 Å². The predicted octanol–water partition coefficient (Wildman–Crippen LogP) is 1.03. The van der Waals surface area contributed by atoms with Gasteiger partial charge in [-0.15, -0.1) is 0 Å². The molecule has 0 N–H and O–H groups in total. The van der Waals surface area contributed by atoms with Crippen LogP contribution in [-0.2, 0) is 6.54 Å². The molecule has 0 fully saturated rings. The summed E-state index contributed by atoms with van der Waals surface area (Å²) in [5.74, 6) is 0. The van der Waals surface area contributed by atoms with Gasteiger partial charge in [-0.2, -0.15) is 0 Å². The minimum Gasteiger partial charge on any atom is -0.231 e. The lowest BCUT2D eigenvalue weighted by Crippen LogP contribution is -2.35. The van der Waals surface area contributed by atoms with Crippen LogP contribution in [0.3, 0.4) is 0 Å². The Balaban J connectivity index is 3.08. The van der Waals surface area contributed by atoms with E-state index in [9.17, 15) is 0 Å².